The topological polar surface area (TPSA) is 90.3 Å². The summed E-state index contributed by atoms with van der Waals surface area (Å²) in [5.41, 5.74) is -1.70. The van der Waals surface area contributed by atoms with Crippen molar-refractivity contribution in [3.05, 3.63) is 28.8 Å². The summed E-state index contributed by atoms with van der Waals surface area (Å²) in [6.45, 7) is 0. The number of sulfone groups is 1. The molecule has 0 saturated carbocycles. The molecule has 1 N–H and O–H groups in total. The first-order valence-electron chi connectivity index (χ1n) is 7.02. The highest BCUT2D eigenvalue weighted by molar-refractivity contribution is 7.90. The molecule has 0 aliphatic rings. The van der Waals surface area contributed by atoms with Gasteiger partial charge in [0.2, 0.25) is 5.91 Å². The van der Waals surface area contributed by atoms with Gasteiger partial charge in [-0.05, 0) is 12.1 Å². The van der Waals surface area contributed by atoms with Gasteiger partial charge in [0.25, 0.3) is 5.88 Å². The van der Waals surface area contributed by atoms with Gasteiger partial charge in [0.15, 0.2) is 14.9 Å². The van der Waals surface area contributed by atoms with Gasteiger partial charge in [-0.1, -0.05) is 11.6 Å². The zero-order valence-electron chi connectivity index (χ0n) is 13.8. The Bertz CT molecular complexity index is 990. The van der Waals surface area contributed by atoms with E-state index in [1.807, 2.05) is 5.32 Å². The second kappa shape index (κ2) is 7.56. The van der Waals surface area contributed by atoms with Crippen LogP contribution in [0.25, 0.3) is 0 Å². The van der Waals surface area contributed by atoms with Gasteiger partial charge in [-0.3, -0.25) is 9.48 Å². The minimum Gasteiger partial charge on any atom is -0.436 e. The maximum atomic E-state index is 13.1. The van der Waals surface area contributed by atoms with Crippen LogP contribution in [-0.2, 0) is 27.9 Å². The van der Waals surface area contributed by atoms with Crippen molar-refractivity contribution in [2.24, 2.45) is 7.05 Å². The van der Waals surface area contributed by atoms with Crippen molar-refractivity contribution in [3.8, 4) is 11.6 Å². The zero-order chi connectivity index (χ0) is 20.6. The summed E-state index contributed by atoms with van der Waals surface area (Å²) in [4.78, 5) is 11.4. The summed E-state index contributed by atoms with van der Waals surface area (Å²) in [5, 5.41) is 5.18. The SMILES string of the molecule is Cn1nc(Oc2ccc(C(F)(F)F)c(NC(=O)CCl)c2)c(Cl)c1S(C)(=O)=O. The molecule has 2 aromatic rings. The third kappa shape index (κ3) is 4.85. The second-order valence-corrected chi connectivity index (χ2v) is 7.89. The maximum absolute atomic E-state index is 13.1. The summed E-state index contributed by atoms with van der Waals surface area (Å²) >= 11 is 11.3. The van der Waals surface area contributed by atoms with Gasteiger partial charge in [-0.15, -0.1) is 16.7 Å². The summed E-state index contributed by atoms with van der Waals surface area (Å²) in [6.07, 6.45) is -3.82. The molecule has 148 valence electrons. The number of rotatable bonds is 5. The molecule has 1 heterocycles. The molecule has 0 atom stereocenters. The first kappa shape index (κ1) is 21.3. The summed E-state index contributed by atoms with van der Waals surface area (Å²) in [5.74, 6) is -1.89. The van der Waals surface area contributed by atoms with E-state index in [0.717, 1.165) is 23.1 Å². The fraction of sp³-hybridized carbons (Fsp3) is 0.286. The second-order valence-electron chi connectivity index (χ2n) is 5.31. The van der Waals surface area contributed by atoms with Crippen LogP contribution in [0.15, 0.2) is 23.2 Å². The number of nitrogens with zero attached hydrogens (tertiary/aromatic N) is 2. The monoisotopic (exact) mass is 445 g/mol. The molecule has 0 saturated heterocycles. The van der Waals surface area contributed by atoms with Gasteiger partial charge in [0, 0.05) is 19.4 Å². The zero-order valence-corrected chi connectivity index (χ0v) is 16.1. The molecule has 1 amide bonds. The van der Waals surface area contributed by atoms with Crippen LogP contribution in [0, 0.1) is 0 Å². The number of ether oxygens (including phenoxy) is 1. The van der Waals surface area contributed by atoms with Crippen molar-refractivity contribution >= 4 is 44.6 Å². The number of alkyl halides is 4. The van der Waals surface area contributed by atoms with E-state index in [1.54, 1.807) is 0 Å². The highest BCUT2D eigenvalue weighted by atomic mass is 35.5. The average molecular weight is 446 g/mol. The van der Waals surface area contributed by atoms with Crippen molar-refractivity contribution in [2.75, 3.05) is 17.5 Å². The first-order chi connectivity index (χ1) is 12.3. The molecular formula is C14H12Cl2F3N3O4S. The largest absolute Gasteiger partial charge is 0.436 e. The lowest BCUT2D eigenvalue weighted by atomic mass is 10.1. The van der Waals surface area contributed by atoms with Gasteiger partial charge in [0.05, 0.1) is 11.3 Å². The van der Waals surface area contributed by atoms with Crippen LogP contribution < -0.4 is 10.1 Å². The molecule has 13 heteroatoms. The lowest BCUT2D eigenvalue weighted by molar-refractivity contribution is -0.137. The van der Waals surface area contributed by atoms with E-state index in [-0.39, 0.29) is 21.7 Å². The molecule has 0 unspecified atom stereocenters. The van der Waals surface area contributed by atoms with Crippen LogP contribution in [0.1, 0.15) is 5.56 Å². The normalized spacial score (nSPS) is 12.1. The maximum Gasteiger partial charge on any atom is 0.418 e. The Balaban J connectivity index is 2.46. The molecule has 0 radical (unpaired) electrons. The van der Waals surface area contributed by atoms with Gasteiger partial charge in [-0.25, -0.2) is 8.42 Å². The van der Waals surface area contributed by atoms with E-state index in [0.29, 0.717) is 6.07 Å². The summed E-state index contributed by atoms with van der Waals surface area (Å²) in [7, 11) is -2.41. The Morgan fingerprint density at radius 1 is 1.37 bits per heavy atom. The predicted octanol–water partition coefficient (Wildman–Crippen LogP) is 3.47. The van der Waals surface area contributed by atoms with Crippen molar-refractivity contribution in [3.63, 3.8) is 0 Å². The number of aryl methyl sites for hydroxylation is 1. The Morgan fingerprint density at radius 3 is 2.48 bits per heavy atom. The third-order valence-electron chi connectivity index (χ3n) is 3.17. The molecule has 0 bridgehead atoms. The third-order valence-corrected chi connectivity index (χ3v) is 5.03. The van der Waals surface area contributed by atoms with Crippen molar-refractivity contribution in [1.82, 2.24) is 9.78 Å². The van der Waals surface area contributed by atoms with Crippen LogP contribution in [-0.4, -0.2) is 36.2 Å². The standard InChI is InChI=1S/C14H12Cl2F3N3O4S/c1-22-13(27(2,24)25)11(16)12(21-22)26-7-3-4-8(14(17,18)19)9(5-7)20-10(23)6-15/h3-5H,6H2,1-2H3,(H,20,23). The number of anilines is 1. The highest BCUT2D eigenvalue weighted by Gasteiger charge is 2.34. The highest BCUT2D eigenvalue weighted by Crippen LogP contribution is 2.39. The van der Waals surface area contributed by atoms with Crippen LogP contribution >= 0.6 is 23.2 Å². The van der Waals surface area contributed by atoms with Crippen LogP contribution in [0.2, 0.25) is 5.02 Å². The smallest absolute Gasteiger partial charge is 0.418 e. The number of carbonyl (C=O) groups is 1. The van der Waals surface area contributed by atoms with Gasteiger partial charge >= 0.3 is 6.18 Å². The number of benzene rings is 1. The quantitative estimate of drug-likeness (QED) is 0.711. The van der Waals surface area contributed by atoms with E-state index in [1.165, 1.54) is 7.05 Å². The number of amides is 1. The van der Waals surface area contributed by atoms with E-state index in [2.05, 4.69) is 5.10 Å². The molecule has 1 aromatic heterocycles. The first-order valence-corrected chi connectivity index (χ1v) is 9.82. The van der Waals surface area contributed by atoms with Crippen molar-refractivity contribution in [2.45, 2.75) is 11.2 Å². The lowest BCUT2D eigenvalue weighted by Gasteiger charge is -2.14. The van der Waals surface area contributed by atoms with Crippen LogP contribution in [0.4, 0.5) is 18.9 Å². The fourth-order valence-corrected chi connectivity index (χ4v) is 3.78. The minimum absolute atomic E-state index is 0.159. The molecule has 0 fully saturated rings. The number of hydrogen-bond acceptors (Lipinski definition) is 5. The van der Waals surface area contributed by atoms with Gasteiger partial charge in [-0.2, -0.15) is 13.2 Å². The average Bonchev–Trinajstić information content (AvgIpc) is 2.79. The molecule has 7 nitrogen and oxygen atoms in total. The molecule has 0 aliphatic heterocycles. The molecule has 1 aromatic carbocycles. The van der Waals surface area contributed by atoms with E-state index in [9.17, 15) is 26.4 Å². The van der Waals surface area contributed by atoms with Crippen molar-refractivity contribution < 1.29 is 31.1 Å². The molecule has 0 spiro atoms. The summed E-state index contributed by atoms with van der Waals surface area (Å²) < 4.78 is 69.0. The Morgan fingerprint density at radius 2 is 2.00 bits per heavy atom. The number of aromatic nitrogens is 2. The van der Waals surface area contributed by atoms with E-state index < -0.39 is 39.1 Å². The Kier molecular flexibility index (Phi) is 5.97. The number of carbonyl (C=O) groups excluding carboxylic acids is 1. The number of halogens is 5. The van der Waals surface area contributed by atoms with Crippen LogP contribution in [0.3, 0.4) is 0 Å². The number of hydrogen-bond donors (Lipinski definition) is 1. The van der Waals surface area contributed by atoms with Crippen LogP contribution in [0.5, 0.6) is 11.6 Å². The minimum atomic E-state index is -4.74. The van der Waals surface area contributed by atoms with E-state index >= 15 is 0 Å². The fourth-order valence-electron chi connectivity index (χ4n) is 2.16. The molecular weight excluding hydrogens is 434 g/mol. The molecule has 27 heavy (non-hydrogen) atoms. The molecule has 2 rings (SSSR count). The Hall–Kier alpha value is -1.98. The predicted molar refractivity (Wildman–Crippen MR) is 92.2 cm³/mol. The molecule has 0 aliphatic carbocycles. The van der Waals surface area contributed by atoms with Crippen molar-refractivity contribution in [1.29, 1.82) is 0 Å². The van der Waals surface area contributed by atoms with E-state index in [4.69, 9.17) is 27.9 Å². The summed E-state index contributed by atoms with van der Waals surface area (Å²) in [6, 6.07) is 2.57. The van der Waals surface area contributed by atoms with Gasteiger partial charge < -0.3 is 10.1 Å². The number of nitrogens with one attached hydrogen (secondary N) is 1. The lowest BCUT2D eigenvalue weighted by Crippen LogP contribution is -2.17. The van der Waals surface area contributed by atoms with Gasteiger partial charge in [0.1, 0.15) is 16.7 Å². The Labute approximate surface area is 161 Å².